The smallest absolute Gasteiger partial charge is 0.419 e. The standard InChI is InChI=1S/C24H34F3N7O5S/c1-23(2,37)14-33-13-16(11-29-33)20-19(24(25,26)27)12-28-22(31-20)30-17-7-9-34(10-8-17)40(38,39)32-18-5-3-15(4-6-18)21(35)36/h11-13,15,17-18,32,37H,3-10,14H2,1-2H3,(H,35,36)(H,28,30,31). The Hall–Kier alpha value is -2.82. The molecule has 0 atom stereocenters. The lowest BCUT2D eigenvalue weighted by atomic mass is 9.87. The van der Waals surface area contributed by atoms with Crippen LogP contribution < -0.4 is 10.0 Å². The van der Waals surface area contributed by atoms with Crippen molar-refractivity contribution in [2.45, 2.75) is 82.8 Å². The molecule has 12 nitrogen and oxygen atoms in total. The number of rotatable bonds is 9. The summed E-state index contributed by atoms with van der Waals surface area (Å²) in [6.07, 6.45) is 1.16. The van der Waals surface area contributed by atoms with Crippen molar-refractivity contribution < 1.29 is 36.6 Å². The number of aromatic nitrogens is 4. The van der Waals surface area contributed by atoms with Crippen LogP contribution in [0.1, 0.15) is 57.9 Å². The first-order valence-electron chi connectivity index (χ1n) is 13.1. The molecular weight excluding hydrogens is 555 g/mol. The first-order chi connectivity index (χ1) is 18.6. The van der Waals surface area contributed by atoms with E-state index in [1.165, 1.54) is 21.4 Å². The molecule has 4 rings (SSSR count). The SMILES string of the molecule is CC(C)(O)Cn1cc(-c2nc(NC3CCN(S(=O)(=O)NC4CCC(C(=O)O)CC4)CC3)ncc2C(F)(F)F)cn1. The molecular formula is C24H34F3N7O5S. The Balaban J connectivity index is 1.39. The van der Waals surface area contributed by atoms with Crippen molar-refractivity contribution in [3.63, 3.8) is 0 Å². The summed E-state index contributed by atoms with van der Waals surface area (Å²) in [5.74, 6) is -1.33. The molecule has 2 aliphatic rings. The molecule has 222 valence electrons. The van der Waals surface area contributed by atoms with Gasteiger partial charge in [-0.05, 0) is 52.4 Å². The summed E-state index contributed by atoms with van der Waals surface area (Å²) in [7, 11) is -3.77. The number of piperidine rings is 1. The van der Waals surface area contributed by atoms with E-state index in [4.69, 9.17) is 5.11 Å². The van der Waals surface area contributed by atoms with E-state index in [-0.39, 0.29) is 48.9 Å². The monoisotopic (exact) mass is 589 g/mol. The highest BCUT2D eigenvalue weighted by atomic mass is 32.2. The van der Waals surface area contributed by atoms with Crippen LogP contribution in [0.15, 0.2) is 18.6 Å². The maximum atomic E-state index is 13.7. The zero-order valence-electron chi connectivity index (χ0n) is 22.2. The lowest BCUT2D eigenvalue weighted by molar-refractivity contribution is -0.143. The lowest BCUT2D eigenvalue weighted by Gasteiger charge is -2.34. The van der Waals surface area contributed by atoms with Crippen molar-refractivity contribution >= 4 is 22.1 Å². The molecule has 1 saturated heterocycles. The van der Waals surface area contributed by atoms with Gasteiger partial charge in [0.1, 0.15) is 5.56 Å². The molecule has 0 amide bonds. The molecule has 0 bridgehead atoms. The van der Waals surface area contributed by atoms with Gasteiger partial charge in [0, 0.05) is 43.1 Å². The number of nitrogens with zero attached hydrogens (tertiary/aromatic N) is 5. The minimum Gasteiger partial charge on any atom is -0.481 e. The van der Waals surface area contributed by atoms with E-state index in [0.29, 0.717) is 44.7 Å². The highest BCUT2D eigenvalue weighted by molar-refractivity contribution is 7.87. The van der Waals surface area contributed by atoms with Crippen LogP contribution in [0.2, 0.25) is 0 Å². The summed E-state index contributed by atoms with van der Waals surface area (Å²) in [5.41, 5.74) is -2.38. The van der Waals surface area contributed by atoms with Crippen LogP contribution >= 0.6 is 0 Å². The van der Waals surface area contributed by atoms with Gasteiger partial charge < -0.3 is 15.5 Å². The second kappa shape index (κ2) is 11.6. The number of carbonyl (C=O) groups is 1. The van der Waals surface area contributed by atoms with Gasteiger partial charge in [-0.1, -0.05) is 0 Å². The maximum absolute atomic E-state index is 13.7. The van der Waals surface area contributed by atoms with Gasteiger partial charge in [0.2, 0.25) is 5.95 Å². The number of carboxylic acids is 1. The zero-order valence-corrected chi connectivity index (χ0v) is 23.0. The molecule has 1 aliphatic carbocycles. The molecule has 2 aromatic rings. The Morgan fingerprint density at radius 2 is 1.73 bits per heavy atom. The van der Waals surface area contributed by atoms with Gasteiger partial charge in [0.25, 0.3) is 10.2 Å². The third-order valence-electron chi connectivity index (χ3n) is 7.07. The molecule has 2 fully saturated rings. The molecule has 16 heteroatoms. The number of hydrogen-bond acceptors (Lipinski definition) is 8. The summed E-state index contributed by atoms with van der Waals surface area (Å²) >= 11 is 0. The third-order valence-corrected chi connectivity index (χ3v) is 8.75. The van der Waals surface area contributed by atoms with Crippen LogP contribution in [-0.4, -0.2) is 79.4 Å². The summed E-state index contributed by atoms with van der Waals surface area (Å²) in [6, 6.07) is -0.580. The second-order valence-corrected chi connectivity index (χ2v) is 12.7. The lowest BCUT2D eigenvalue weighted by Crippen LogP contribution is -2.50. The van der Waals surface area contributed by atoms with E-state index in [9.17, 15) is 31.5 Å². The minimum absolute atomic E-state index is 0.0205. The molecule has 0 spiro atoms. The van der Waals surface area contributed by atoms with E-state index in [1.54, 1.807) is 13.8 Å². The van der Waals surface area contributed by atoms with Gasteiger partial charge in [0.05, 0.1) is 30.0 Å². The average Bonchev–Trinajstić information content (AvgIpc) is 3.30. The number of hydrogen-bond donors (Lipinski definition) is 4. The Labute approximate surface area is 230 Å². The summed E-state index contributed by atoms with van der Waals surface area (Å²) in [4.78, 5) is 19.1. The maximum Gasteiger partial charge on any atom is 0.419 e. The Bertz CT molecular complexity index is 1300. The fraction of sp³-hybridized carbons (Fsp3) is 0.667. The number of halogens is 3. The Kier molecular flexibility index (Phi) is 8.73. The van der Waals surface area contributed by atoms with Gasteiger partial charge in [0.15, 0.2) is 0 Å². The quantitative estimate of drug-likeness (QED) is 0.344. The van der Waals surface area contributed by atoms with Crippen molar-refractivity contribution in [2.24, 2.45) is 5.92 Å². The molecule has 4 N–H and O–H groups in total. The molecule has 1 aliphatic heterocycles. The number of anilines is 1. The van der Waals surface area contributed by atoms with Crippen LogP contribution in [0.5, 0.6) is 0 Å². The van der Waals surface area contributed by atoms with Gasteiger partial charge >= 0.3 is 12.1 Å². The first-order valence-corrected chi connectivity index (χ1v) is 14.5. The van der Waals surface area contributed by atoms with Crippen LogP contribution in [-0.2, 0) is 27.7 Å². The van der Waals surface area contributed by atoms with E-state index >= 15 is 0 Å². The normalized spacial score (nSPS) is 21.9. The van der Waals surface area contributed by atoms with Crippen LogP contribution in [0.3, 0.4) is 0 Å². The van der Waals surface area contributed by atoms with Crippen molar-refractivity contribution in [1.82, 2.24) is 28.8 Å². The van der Waals surface area contributed by atoms with Gasteiger partial charge in [-0.2, -0.15) is 35.7 Å². The number of nitrogens with one attached hydrogen (secondary N) is 2. The highest BCUT2D eigenvalue weighted by Gasteiger charge is 2.37. The number of carboxylic acid groups (broad SMARTS) is 1. The van der Waals surface area contributed by atoms with Gasteiger partial charge in [-0.25, -0.2) is 9.97 Å². The molecule has 1 saturated carbocycles. The van der Waals surface area contributed by atoms with Crippen LogP contribution in [0.4, 0.5) is 19.1 Å². The number of alkyl halides is 3. The third kappa shape index (κ3) is 7.67. The van der Waals surface area contributed by atoms with Crippen LogP contribution in [0.25, 0.3) is 11.3 Å². The van der Waals surface area contributed by atoms with Gasteiger partial charge in [-0.3, -0.25) is 9.48 Å². The topological polar surface area (TPSA) is 163 Å². The Morgan fingerprint density at radius 1 is 1.07 bits per heavy atom. The largest absolute Gasteiger partial charge is 0.481 e. The minimum atomic E-state index is -4.70. The molecule has 2 aromatic heterocycles. The molecule has 40 heavy (non-hydrogen) atoms. The summed E-state index contributed by atoms with van der Waals surface area (Å²) < 4.78 is 72.3. The van der Waals surface area contributed by atoms with E-state index in [2.05, 4.69) is 25.1 Å². The summed E-state index contributed by atoms with van der Waals surface area (Å²) in [5, 5.41) is 26.2. The molecule has 0 aromatic carbocycles. The van der Waals surface area contributed by atoms with Crippen LogP contribution in [0, 0.1) is 5.92 Å². The van der Waals surface area contributed by atoms with E-state index in [1.807, 2.05) is 0 Å². The van der Waals surface area contributed by atoms with Gasteiger partial charge in [-0.15, -0.1) is 0 Å². The first kappa shape index (κ1) is 30.1. The van der Waals surface area contributed by atoms with E-state index < -0.39 is 39.4 Å². The van der Waals surface area contributed by atoms with Crippen molar-refractivity contribution in [3.05, 3.63) is 24.2 Å². The Morgan fingerprint density at radius 3 is 2.30 bits per heavy atom. The van der Waals surface area contributed by atoms with Crippen molar-refractivity contribution in [3.8, 4) is 11.3 Å². The predicted octanol–water partition coefficient (Wildman–Crippen LogP) is 2.48. The highest BCUT2D eigenvalue weighted by Crippen LogP contribution is 2.36. The number of aliphatic carboxylic acids is 1. The molecule has 0 unspecified atom stereocenters. The summed E-state index contributed by atoms with van der Waals surface area (Å²) in [6.45, 7) is 3.57. The molecule has 0 radical (unpaired) electrons. The predicted molar refractivity (Wildman–Crippen MR) is 138 cm³/mol. The number of aliphatic hydroxyl groups is 1. The fourth-order valence-corrected chi connectivity index (χ4v) is 6.51. The van der Waals surface area contributed by atoms with Crippen molar-refractivity contribution in [2.75, 3.05) is 18.4 Å². The average molecular weight is 590 g/mol. The molecule has 3 heterocycles. The van der Waals surface area contributed by atoms with E-state index in [0.717, 1.165) is 0 Å². The van der Waals surface area contributed by atoms with Crippen molar-refractivity contribution in [1.29, 1.82) is 0 Å². The zero-order chi connectivity index (χ0) is 29.3. The fourth-order valence-electron chi connectivity index (χ4n) is 5.01. The second-order valence-electron chi connectivity index (χ2n) is 11.0.